The van der Waals surface area contributed by atoms with Gasteiger partial charge in [0.05, 0.1) is 6.61 Å². The van der Waals surface area contributed by atoms with E-state index in [0.29, 0.717) is 11.3 Å². The largest absolute Gasteiger partial charge is 0.392 e. The molecule has 0 saturated heterocycles. The van der Waals surface area contributed by atoms with Crippen molar-refractivity contribution in [3.8, 4) is 0 Å². The minimum Gasteiger partial charge on any atom is -0.392 e. The van der Waals surface area contributed by atoms with Crippen LogP contribution >= 0.6 is 0 Å². The maximum Gasteiger partial charge on any atom is 0.0615 e. The molecule has 5 atom stereocenters. The molecule has 1 nitrogen and oxygen atoms in total. The Bertz CT molecular complexity index is 433. The minimum atomic E-state index is 0.223. The van der Waals surface area contributed by atoms with Gasteiger partial charge in [0, 0.05) is 0 Å². The molecule has 0 aromatic heterocycles. The summed E-state index contributed by atoms with van der Waals surface area (Å²) in [6.07, 6.45) is 12.6. The Morgan fingerprint density at radius 2 is 2.00 bits per heavy atom. The molecule has 3 fully saturated rings. The van der Waals surface area contributed by atoms with E-state index >= 15 is 0 Å². The van der Waals surface area contributed by atoms with Gasteiger partial charge in [0.2, 0.25) is 0 Å². The van der Waals surface area contributed by atoms with Crippen LogP contribution in [-0.4, -0.2) is 11.7 Å². The highest BCUT2D eigenvalue weighted by atomic mass is 16.2. The summed E-state index contributed by atoms with van der Waals surface area (Å²) in [6, 6.07) is 0. The van der Waals surface area contributed by atoms with Crippen LogP contribution in [0.25, 0.3) is 0 Å². The fourth-order valence-corrected chi connectivity index (χ4v) is 5.92. The van der Waals surface area contributed by atoms with Crippen molar-refractivity contribution in [2.45, 2.75) is 59.3 Å². The Labute approximate surface area is 124 Å². The quantitative estimate of drug-likeness (QED) is 0.686. The van der Waals surface area contributed by atoms with Gasteiger partial charge < -0.3 is 5.11 Å². The van der Waals surface area contributed by atoms with E-state index in [9.17, 15) is 5.11 Å². The maximum atomic E-state index is 9.21. The molecular weight excluding hydrogens is 244 g/mol. The van der Waals surface area contributed by atoms with Crippen LogP contribution in [0.1, 0.15) is 59.3 Å². The number of aliphatic hydroxyl groups is 1. The maximum absolute atomic E-state index is 9.21. The van der Waals surface area contributed by atoms with E-state index in [4.69, 9.17) is 0 Å². The summed E-state index contributed by atoms with van der Waals surface area (Å²) in [4.78, 5) is 0. The summed E-state index contributed by atoms with van der Waals surface area (Å²) in [5.41, 5.74) is 3.78. The van der Waals surface area contributed by atoms with Gasteiger partial charge >= 0.3 is 0 Å². The van der Waals surface area contributed by atoms with Crippen molar-refractivity contribution in [3.63, 3.8) is 0 Å². The van der Waals surface area contributed by atoms with Crippen LogP contribution < -0.4 is 0 Å². The van der Waals surface area contributed by atoms with Crippen LogP contribution in [0.2, 0.25) is 0 Å². The first-order valence-electron chi connectivity index (χ1n) is 8.57. The van der Waals surface area contributed by atoms with Crippen LogP contribution in [0.5, 0.6) is 0 Å². The van der Waals surface area contributed by atoms with Gasteiger partial charge in [-0.1, -0.05) is 37.1 Å². The Morgan fingerprint density at radius 1 is 1.20 bits per heavy atom. The molecular formula is C19H30O. The first-order chi connectivity index (χ1) is 9.61. The molecule has 3 rings (SSSR count). The molecule has 0 radical (unpaired) electrons. The average Bonchev–Trinajstić information content (AvgIpc) is 2.78. The van der Waals surface area contributed by atoms with E-state index in [0.717, 1.165) is 17.8 Å². The number of rotatable bonds is 1. The lowest BCUT2D eigenvalue weighted by molar-refractivity contribution is 0.0210. The zero-order valence-corrected chi connectivity index (χ0v) is 13.4. The molecule has 0 spiro atoms. The first-order valence-corrected chi connectivity index (χ1v) is 8.57. The van der Waals surface area contributed by atoms with Gasteiger partial charge in [-0.3, -0.25) is 0 Å². The first kappa shape index (κ1) is 14.4. The van der Waals surface area contributed by atoms with Crippen molar-refractivity contribution < 1.29 is 5.11 Å². The van der Waals surface area contributed by atoms with E-state index in [1.807, 2.05) is 0 Å². The Morgan fingerprint density at radius 3 is 2.70 bits per heavy atom. The topological polar surface area (TPSA) is 20.2 Å². The number of allylic oxidation sites excluding steroid dienone is 3. The zero-order chi connectivity index (χ0) is 14.3. The summed E-state index contributed by atoms with van der Waals surface area (Å²) in [5.74, 6) is 3.42. The highest BCUT2D eigenvalue weighted by Gasteiger charge is 2.52. The second-order valence-electron chi connectivity index (χ2n) is 7.53. The van der Waals surface area contributed by atoms with Crippen molar-refractivity contribution in [3.05, 3.63) is 23.3 Å². The van der Waals surface area contributed by atoms with E-state index in [1.54, 1.807) is 5.57 Å². The normalized spacial score (nSPS) is 48.4. The van der Waals surface area contributed by atoms with Crippen LogP contribution in [0.3, 0.4) is 0 Å². The number of hydrogen-bond acceptors (Lipinski definition) is 1. The van der Waals surface area contributed by atoms with Gasteiger partial charge in [0.1, 0.15) is 0 Å². The van der Waals surface area contributed by atoms with Crippen molar-refractivity contribution in [2.75, 3.05) is 6.61 Å². The highest BCUT2D eigenvalue weighted by Crippen LogP contribution is 2.62. The molecule has 0 amide bonds. The van der Waals surface area contributed by atoms with E-state index < -0.39 is 0 Å². The summed E-state index contributed by atoms with van der Waals surface area (Å²) in [6.45, 7) is 7.41. The molecule has 0 aliphatic heterocycles. The molecule has 4 unspecified atom stereocenters. The standard InChI is InChI=1S/C19H30O/c1-4-15-6-8-18-17-7-5-14(10-12-20)13(2)16(17)9-11-19(15,18)3/h4,10,13,16-18,20H,5-9,11-12H2,1-3H3/b14-10-,15-4+/t13?,16?,17?,18?,19-/m0/s1. The molecule has 0 aromatic carbocycles. The molecule has 3 saturated carbocycles. The van der Waals surface area contributed by atoms with Crippen LogP contribution in [0.4, 0.5) is 0 Å². The number of fused-ring (bicyclic) bond motifs is 3. The lowest BCUT2D eigenvalue weighted by Gasteiger charge is -2.52. The lowest BCUT2D eigenvalue weighted by Crippen LogP contribution is -2.43. The van der Waals surface area contributed by atoms with Gasteiger partial charge in [-0.05, 0) is 74.5 Å². The lowest BCUT2D eigenvalue weighted by atomic mass is 9.53. The van der Waals surface area contributed by atoms with Crippen molar-refractivity contribution in [1.29, 1.82) is 0 Å². The molecule has 0 heterocycles. The Balaban J connectivity index is 1.85. The van der Waals surface area contributed by atoms with Gasteiger partial charge in [0.25, 0.3) is 0 Å². The van der Waals surface area contributed by atoms with Gasteiger partial charge in [-0.2, -0.15) is 0 Å². The van der Waals surface area contributed by atoms with Crippen molar-refractivity contribution in [2.24, 2.45) is 29.1 Å². The molecule has 3 aliphatic rings. The molecule has 0 aromatic rings. The average molecular weight is 274 g/mol. The van der Waals surface area contributed by atoms with Crippen molar-refractivity contribution in [1.82, 2.24) is 0 Å². The van der Waals surface area contributed by atoms with E-state index in [-0.39, 0.29) is 6.61 Å². The van der Waals surface area contributed by atoms with Gasteiger partial charge in [-0.25, -0.2) is 0 Å². The molecule has 0 bridgehead atoms. The number of aliphatic hydroxyl groups excluding tert-OH is 1. The zero-order valence-electron chi connectivity index (χ0n) is 13.4. The summed E-state index contributed by atoms with van der Waals surface area (Å²) < 4.78 is 0. The molecule has 20 heavy (non-hydrogen) atoms. The third-order valence-corrected chi connectivity index (χ3v) is 7.04. The molecule has 1 heteroatoms. The predicted molar refractivity (Wildman–Crippen MR) is 84.4 cm³/mol. The Kier molecular flexibility index (Phi) is 3.83. The fourth-order valence-electron chi connectivity index (χ4n) is 5.92. The smallest absolute Gasteiger partial charge is 0.0615 e. The van der Waals surface area contributed by atoms with E-state index in [1.165, 1.54) is 44.1 Å². The second kappa shape index (κ2) is 5.33. The van der Waals surface area contributed by atoms with E-state index in [2.05, 4.69) is 32.9 Å². The van der Waals surface area contributed by atoms with Crippen LogP contribution in [0, 0.1) is 29.1 Å². The third kappa shape index (κ3) is 2.01. The minimum absolute atomic E-state index is 0.223. The van der Waals surface area contributed by atoms with Crippen molar-refractivity contribution >= 4 is 0 Å². The summed E-state index contributed by atoms with van der Waals surface area (Å²) >= 11 is 0. The highest BCUT2D eigenvalue weighted by molar-refractivity contribution is 5.24. The molecule has 3 aliphatic carbocycles. The molecule has 112 valence electrons. The number of hydrogen-bond donors (Lipinski definition) is 1. The fraction of sp³-hybridized carbons (Fsp3) is 0.789. The predicted octanol–water partition coefficient (Wildman–Crippen LogP) is 4.72. The SMILES string of the molecule is C/C=C1\CCC2C3CC/C(=C/CO)C(C)C3CC[C@@]12C. The summed E-state index contributed by atoms with van der Waals surface area (Å²) in [5, 5.41) is 9.21. The third-order valence-electron chi connectivity index (χ3n) is 7.04. The van der Waals surface area contributed by atoms with Crippen LogP contribution in [0.15, 0.2) is 23.3 Å². The van der Waals surface area contributed by atoms with Crippen LogP contribution in [-0.2, 0) is 0 Å². The second-order valence-corrected chi connectivity index (χ2v) is 7.53. The molecule has 1 N–H and O–H groups in total. The summed E-state index contributed by atoms with van der Waals surface area (Å²) in [7, 11) is 0. The van der Waals surface area contributed by atoms with Gasteiger partial charge in [-0.15, -0.1) is 0 Å². The monoisotopic (exact) mass is 274 g/mol. The Hall–Kier alpha value is -0.560. The van der Waals surface area contributed by atoms with Gasteiger partial charge in [0.15, 0.2) is 0 Å².